The van der Waals surface area contributed by atoms with Crippen LogP contribution in [0.15, 0.2) is 48.8 Å². The van der Waals surface area contributed by atoms with Gasteiger partial charge in [0.2, 0.25) is 0 Å². The van der Waals surface area contributed by atoms with Crippen LogP contribution in [0.1, 0.15) is 5.56 Å². The number of likely N-dealkylation sites (tertiary alicyclic amines) is 1. The van der Waals surface area contributed by atoms with E-state index in [0.717, 1.165) is 44.0 Å². The van der Waals surface area contributed by atoms with E-state index in [4.69, 9.17) is 4.74 Å². The fourth-order valence-electron chi connectivity index (χ4n) is 3.63. The van der Waals surface area contributed by atoms with Crippen LogP contribution in [0, 0.1) is 5.82 Å². The van der Waals surface area contributed by atoms with Crippen LogP contribution in [0.4, 0.5) is 10.1 Å². The van der Waals surface area contributed by atoms with Gasteiger partial charge in [-0.15, -0.1) is 0 Å². The third kappa shape index (κ3) is 3.07. The monoisotopic (exact) mass is 313 g/mol. The van der Waals surface area contributed by atoms with Crippen molar-refractivity contribution in [3.8, 4) is 0 Å². The second-order valence-corrected chi connectivity index (χ2v) is 6.21. The topological polar surface area (TPSA) is 28.6 Å². The smallest absolute Gasteiger partial charge is 0.123 e. The van der Waals surface area contributed by atoms with E-state index >= 15 is 0 Å². The minimum atomic E-state index is -0.174. The van der Waals surface area contributed by atoms with Gasteiger partial charge in [0.1, 0.15) is 5.82 Å². The largest absolute Gasteiger partial charge is 0.373 e. The third-order valence-electron chi connectivity index (χ3n) is 4.65. The van der Waals surface area contributed by atoms with Crippen LogP contribution in [0.25, 0.3) is 0 Å². The number of anilines is 1. The Bertz CT molecular complexity index is 666. The Morgan fingerprint density at radius 3 is 3.00 bits per heavy atom. The minimum absolute atomic E-state index is 0.174. The summed E-state index contributed by atoms with van der Waals surface area (Å²) in [6, 6.07) is 11.3. The molecule has 0 bridgehead atoms. The molecule has 2 atom stereocenters. The van der Waals surface area contributed by atoms with Crippen LogP contribution < -0.4 is 4.90 Å². The summed E-state index contributed by atoms with van der Waals surface area (Å²) in [5.41, 5.74) is 2.16. The molecule has 2 saturated heterocycles. The third-order valence-corrected chi connectivity index (χ3v) is 4.65. The number of pyridine rings is 1. The summed E-state index contributed by atoms with van der Waals surface area (Å²) >= 11 is 0. The Morgan fingerprint density at radius 2 is 2.17 bits per heavy atom. The van der Waals surface area contributed by atoms with Crippen LogP contribution >= 0.6 is 0 Å². The molecule has 5 heteroatoms. The molecule has 4 nitrogen and oxygen atoms in total. The summed E-state index contributed by atoms with van der Waals surface area (Å²) < 4.78 is 19.3. The SMILES string of the molecule is Fc1cccc(CN2C[C@@H]3OCCN(c4cccnc4)[C@@H]3C2)c1. The molecule has 0 unspecified atom stereocenters. The summed E-state index contributed by atoms with van der Waals surface area (Å²) in [6.07, 6.45) is 3.92. The molecule has 0 spiro atoms. The summed E-state index contributed by atoms with van der Waals surface area (Å²) in [7, 11) is 0. The Hall–Kier alpha value is -1.98. The number of rotatable bonds is 3. The molecule has 0 saturated carbocycles. The maximum Gasteiger partial charge on any atom is 0.123 e. The maximum atomic E-state index is 13.4. The molecule has 2 aliphatic rings. The van der Waals surface area contributed by atoms with Crippen molar-refractivity contribution in [3.63, 3.8) is 0 Å². The number of morpholine rings is 1. The first-order chi connectivity index (χ1) is 11.3. The van der Waals surface area contributed by atoms with Crippen molar-refractivity contribution < 1.29 is 9.13 Å². The molecule has 0 N–H and O–H groups in total. The Labute approximate surface area is 135 Å². The average molecular weight is 313 g/mol. The highest BCUT2D eigenvalue weighted by molar-refractivity contribution is 5.46. The van der Waals surface area contributed by atoms with E-state index in [-0.39, 0.29) is 11.9 Å². The van der Waals surface area contributed by atoms with Gasteiger partial charge in [0.05, 0.1) is 30.6 Å². The van der Waals surface area contributed by atoms with Crippen molar-refractivity contribution in [1.29, 1.82) is 0 Å². The Morgan fingerprint density at radius 1 is 1.22 bits per heavy atom. The van der Waals surface area contributed by atoms with E-state index in [1.807, 2.05) is 18.3 Å². The van der Waals surface area contributed by atoms with Gasteiger partial charge in [0.25, 0.3) is 0 Å². The van der Waals surface area contributed by atoms with Gasteiger partial charge in [-0.25, -0.2) is 4.39 Å². The molecule has 23 heavy (non-hydrogen) atoms. The van der Waals surface area contributed by atoms with E-state index in [9.17, 15) is 4.39 Å². The lowest BCUT2D eigenvalue weighted by atomic mass is 10.1. The predicted molar refractivity (Wildman–Crippen MR) is 86.8 cm³/mol. The second-order valence-electron chi connectivity index (χ2n) is 6.21. The van der Waals surface area contributed by atoms with Crippen LogP contribution in [0.3, 0.4) is 0 Å². The number of aromatic nitrogens is 1. The van der Waals surface area contributed by atoms with Crippen LogP contribution in [-0.4, -0.2) is 48.3 Å². The van der Waals surface area contributed by atoms with Crippen molar-refractivity contribution >= 4 is 5.69 Å². The molecular formula is C18H20FN3O. The van der Waals surface area contributed by atoms with Gasteiger partial charge in [0, 0.05) is 32.4 Å². The van der Waals surface area contributed by atoms with Crippen LogP contribution in [0.5, 0.6) is 0 Å². The number of hydrogen-bond acceptors (Lipinski definition) is 4. The van der Waals surface area contributed by atoms with Crippen molar-refractivity contribution in [2.24, 2.45) is 0 Å². The molecule has 1 aromatic heterocycles. The highest BCUT2D eigenvalue weighted by atomic mass is 19.1. The predicted octanol–water partition coefficient (Wildman–Crippen LogP) is 2.31. The standard InChI is InChI=1S/C18H20FN3O/c19-15-4-1-3-14(9-15)11-21-12-17-18(13-21)23-8-7-22(17)16-5-2-6-20-10-16/h1-6,9-10,17-18H,7-8,11-13H2/t17-,18+/m1/s1. The van der Waals surface area contributed by atoms with Gasteiger partial charge < -0.3 is 9.64 Å². The Kier molecular flexibility index (Phi) is 3.97. The lowest BCUT2D eigenvalue weighted by molar-refractivity contribution is 0.0306. The van der Waals surface area contributed by atoms with Gasteiger partial charge in [0.15, 0.2) is 0 Å². The fraction of sp³-hybridized carbons (Fsp3) is 0.389. The summed E-state index contributed by atoms with van der Waals surface area (Å²) in [6.45, 7) is 4.20. The number of fused-ring (bicyclic) bond motifs is 1. The fourth-order valence-corrected chi connectivity index (χ4v) is 3.63. The van der Waals surface area contributed by atoms with E-state index in [0.29, 0.717) is 6.04 Å². The summed E-state index contributed by atoms with van der Waals surface area (Å²) in [5, 5.41) is 0. The molecule has 0 amide bonds. The zero-order chi connectivity index (χ0) is 15.6. The molecule has 0 aliphatic carbocycles. The van der Waals surface area contributed by atoms with Gasteiger partial charge >= 0.3 is 0 Å². The van der Waals surface area contributed by atoms with E-state index in [1.54, 1.807) is 18.3 Å². The van der Waals surface area contributed by atoms with Crippen molar-refractivity contribution in [3.05, 3.63) is 60.2 Å². The molecule has 2 fully saturated rings. The first kappa shape index (κ1) is 14.6. The van der Waals surface area contributed by atoms with Crippen LogP contribution in [-0.2, 0) is 11.3 Å². The van der Waals surface area contributed by atoms with Crippen molar-refractivity contribution in [2.45, 2.75) is 18.7 Å². The maximum absolute atomic E-state index is 13.4. The lowest BCUT2D eigenvalue weighted by Crippen LogP contribution is -2.51. The van der Waals surface area contributed by atoms with Crippen molar-refractivity contribution in [1.82, 2.24) is 9.88 Å². The molecule has 120 valence electrons. The molecule has 1 aromatic carbocycles. The molecule has 0 radical (unpaired) electrons. The second kappa shape index (κ2) is 6.26. The highest BCUT2D eigenvalue weighted by Gasteiger charge is 2.40. The normalized spacial score (nSPS) is 24.7. The first-order valence-corrected chi connectivity index (χ1v) is 8.05. The zero-order valence-corrected chi connectivity index (χ0v) is 12.9. The molecule has 2 aromatic rings. The number of nitrogens with zero attached hydrogens (tertiary/aromatic N) is 3. The van der Waals surface area contributed by atoms with Gasteiger partial charge in [-0.1, -0.05) is 12.1 Å². The minimum Gasteiger partial charge on any atom is -0.373 e. The van der Waals surface area contributed by atoms with Gasteiger partial charge in [-0.05, 0) is 29.8 Å². The average Bonchev–Trinajstić information content (AvgIpc) is 2.98. The van der Waals surface area contributed by atoms with Gasteiger partial charge in [-0.3, -0.25) is 9.88 Å². The molecule has 2 aliphatic heterocycles. The number of benzene rings is 1. The summed E-state index contributed by atoms with van der Waals surface area (Å²) in [5.74, 6) is -0.174. The highest BCUT2D eigenvalue weighted by Crippen LogP contribution is 2.28. The number of hydrogen-bond donors (Lipinski definition) is 0. The van der Waals surface area contributed by atoms with E-state index in [1.165, 1.54) is 6.07 Å². The zero-order valence-electron chi connectivity index (χ0n) is 12.9. The van der Waals surface area contributed by atoms with Gasteiger partial charge in [-0.2, -0.15) is 0 Å². The number of ether oxygens (including phenoxy) is 1. The summed E-state index contributed by atoms with van der Waals surface area (Å²) in [4.78, 5) is 8.97. The van der Waals surface area contributed by atoms with E-state index < -0.39 is 0 Å². The van der Waals surface area contributed by atoms with E-state index in [2.05, 4.69) is 20.9 Å². The lowest BCUT2D eigenvalue weighted by Gasteiger charge is -2.38. The first-order valence-electron chi connectivity index (χ1n) is 8.05. The Balaban J connectivity index is 1.49. The van der Waals surface area contributed by atoms with Crippen LogP contribution in [0.2, 0.25) is 0 Å². The molecule has 4 rings (SSSR count). The quantitative estimate of drug-likeness (QED) is 0.869. The molecular weight excluding hydrogens is 293 g/mol. The van der Waals surface area contributed by atoms with Crippen molar-refractivity contribution in [2.75, 3.05) is 31.1 Å². The number of halogens is 1. The molecule has 3 heterocycles.